The van der Waals surface area contributed by atoms with Gasteiger partial charge in [-0.05, 0) is 46.2 Å². The first kappa shape index (κ1) is 19.0. The minimum atomic E-state index is -3.53. The van der Waals surface area contributed by atoms with Crippen molar-refractivity contribution in [3.05, 3.63) is 0 Å². The van der Waals surface area contributed by atoms with Gasteiger partial charge in [0, 0.05) is 0 Å². The van der Waals surface area contributed by atoms with Crippen molar-refractivity contribution >= 4 is 30.7 Å². The average Bonchev–Trinajstić information content (AvgIpc) is 2.10. The molecule has 0 bridgehead atoms. The highest BCUT2D eigenvalue weighted by Crippen LogP contribution is 2.53. The van der Waals surface area contributed by atoms with Crippen LogP contribution in [0.25, 0.3) is 0 Å². The highest BCUT2D eigenvalue weighted by atomic mass is 31.2. The molecule has 0 rings (SSSR count). The zero-order valence-electron chi connectivity index (χ0n) is 12.9. The van der Waals surface area contributed by atoms with Crippen molar-refractivity contribution in [3.63, 3.8) is 0 Å². The first-order valence-corrected chi connectivity index (χ1v) is 14.5. The monoisotopic (exact) mass is 327 g/mol. The van der Waals surface area contributed by atoms with Gasteiger partial charge in [0.1, 0.15) is 6.61 Å². The van der Waals surface area contributed by atoms with Crippen molar-refractivity contribution in [1.29, 1.82) is 0 Å². The molecular formula is C10H26NO5PSi2. The summed E-state index contributed by atoms with van der Waals surface area (Å²) in [7, 11) is -7.60. The second-order valence-electron chi connectivity index (χ2n) is 5.86. The van der Waals surface area contributed by atoms with Crippen molar-refractivity contribution in [3.8, 4) is 0 Å². The van der Waals surface area contributed by atoms with Gasteiger partial charge in [0.15, 0.2) is 16.6 Å². The quantitative estimate of drug-likeness (QED) is 0.279. The van der Waals surface area contributed by atoms with Gasteiger partial charge < -0.3 is 13.3 Å². The van der Waals surface area contributed by atoms with Crippen LogP contribution in [-0.2, 0) is 22.4 Å². The standard InChI is InChI=1S/C10H26NO5PSi2/c1-8-13-11-9-10-14-17(12,15-18(2,3)4)16-19(5,6)7/h9H,8,10H2,1-7H3/b11-9-. The molecule has 0 N–H and O–H groups in total. The Bertz CT molecular complexity index is 318. The van der Waals surface area contributed by atoms with E-state index < -0.39 is 24.5 Å². The zero-order valence-corrected chi connectivity index (χ0v) is 15.8. The molecule has 0 saturated heterocycles. The fourth-order valence-corrected chi connectivity index (χ4v) is 7.55. The van der Waals surface area contributed by atoms with Crippen molar-refractivity contribution in [2.45, 2.75) is 46.2 Å². The van der Waals surface area contributed by atoms with Gasteiger partial charge in [-0.3, -0.25) is 4.52 Å². The fraction of sp³-hybridized carbons (Fsp3) is 0.900. The fourth-order valence-electron chi connectivity index (χ4n) is 1.02. The summed E-state index contributed by atoms with van der Waals surface area (Å²) in [5, 5.41) is 3.63. The molecule has 6 nitrogen and oxygen atoms in total. The summed E-state index contributed by atoms with van der Waals surface area (Å²) in [6, 6.07) is 0. The van der Waals surface area contributed by atoms with Gasteiger partial charge in [-0.25, -0.2) is 4.57 Å². The molecule has 0 aliphatic rings. The van der Waals surface area contributed by atoms with Gasteiger partial charge in [0.25, 0.3) is 0 Å². The SMILES string of the molecule is CCO/N=C\COP(=O)(O[Si](C)(C)C)O[Si](C)(C)C. The highest BCUT2D eigenvalue weighted by Gasteiger charge is 2.37. The van der Waals surface area contributed by atoms with E-state index in [0.717, 1.165) is 0 Å². The van der Waals surface area contributed by atoms with Gasteiger partial charge in [0.2, 0.25) is 0 Å². The molecule has 0 aliphatic carbocycles. The first-order chi connectivity index (χ1) is 8.47. The van der Waals surface area contributed by atoms with Crippen LogP contribution in [0.15, 0.2) is 5.16 Å². The van der Waals surface area contributed by atoms with E-state index in [4.69, 9.17) is 17.8 Å². The number of rotatable bonds is 9. The molecule has 0 spiro atoms. The second kappa shape index (κ2) is 7.71. The van der Waals surface area contributed by atoms with E-state index in [2.05, 4.69) is 5.16 Å². The molecule has 9 heteroatoms. The van der Waals surface area contributed by atoms with Crippen LogP contribution in [0.2, 0.25) is 39.3 Å². The Labute approximate surface area is 118 Å². The molecule has 0 unspecified atom stereocenters. The molecule has 0 aliphatic heterocycles. The lowest BCUT2D eigenvalue weighted by Crippen LogP contribution is -2.30. The summed E-state index contributed by atoms with van der Waals surface area (Å²) in [5.41, 5.74) is 0. The Morgan fingerprint density at radius 3 is 1.89 bits per heavy atom. The molecule has 0 radical (unpaired) electrons. The van der Waals surface area contributed by atoms with Crippen molar-refractivity contribution in [2.75, 3.05) is 13.2 Å². The summed E-state index contributed by atoms with van der Waals surface area (Å²) in [5.74, 6) is 0. The van der Waals surface area contributed by atoms with Gasteiger partial charge in [-0.1, -0.05) is 5.16 Å². The molecule has 0 aromatic rings. The van der Waals surface area contributed by atoms with Gasteiger partial charge in [-0.2, -0.15) is 0 Å². The Hall–Kier alpha value is 0.0138. The number of nitrogens with zero attached hydrogens (tertiary/aromatic N) is 1. The Balaban J connectivity index is 4.64. The van der Waals surface area contributed by atoms with Crippen LogP contribution in [0.5, 0.6) is 0 Å². The Kier molecular flexibility index (Phi) is 7.71. The Morgan fingerprint density at radius 1 is 1.05 bits per heavy atom. The van der Waals surface area contributed by atoms with Crippen molar-refractivity contribution in [1.82, 2.24) is 0 Å². The number of oxime groups is 1. The summed E-state index contributed by atoms with van der Waals surface area (Å²) >= 11 is 0. The van der Waals surface area contributed by atoms with E-state index in [1.807, 2.05) is 46.2 Å². The van der Waals surface area contributed by atoms with E-state index in [9.17, 15) is 4.57 Å². The lowest BCUT2D eigenvalue weighted by atomic mass is 10.8. The van der Waals surface area contributed by atoms with Crippen LogP contribution in [0, 0.1) is 0 Å². The molecule has 0 heterocycles. The lowest BCUT2D eigenvalue weighted by molar-refractivity contribution is 0.157. The van der Waals surface area contributed by atoms with Crippen LogP contribution in [0.4, 0.5) is 0 Å². The minimum Gasteiger partial charge on any atom is -0.396 e. The maximum atomic E-state index is 12.6. The minimum absolute atomic E-state index is 0.0340. The molecule has 19 heavy (non-hydrogen) atoms. The molecule has 0 fully saturated rings. The summed E-state index contributed by atoms with van der Waals surface area (Å²) in [6.07, 6.45) is 1.40. The topological polar surface area (TPSA) is 66.4 Å². The van der Waals surface area contributed by atoms with Gasteiger partial charge in [-0.15, -0.1) is 0 Å². The molecular weight excluding hydrogens is 301 g/mol. The third-order valence-corrected chi connectivity index (χ3v) is 7.99. The first-order valence-electron chi connectivity index (χ1n) is 6.27. The summed E-state index contributed by atoms with van der Waals surface area (Å²) < 4.78 is 29.0. The zero-order chi connectivity index (χ0) is 15.2. The van der Waals surface area contributed by atoms with E-state index in [1.54, 1.807) is 0 Å². The largest absolute Gasteiger partial charge is 0.455 e. The van der Waals surface area contributed by atoms with Crippen LogP contribution in [0.1, 0.15) is 6.92 Å². The predicted octanol–water partition coefficient (Wildman–Crippen LogP) is 3.84. The maximum Gasteiger partial charge on any atom is 0.455 e. The smallest absolute Gasteiger partial charge is 0.396 e. The van der Waals surface area contributed by atoms with Crippen LogP contribution in [-0.4, -0.2) is 36.1 Å². The van der Waals surface area contributed by atoms with Crippen molar-refractivity contribution in [2.24, 2.45) is 5.16 Å². The van der Waals surface area contributed by atoms with Crippen LogP contribution in [0.3, 0.4) is 0 Å². The number of hydrogen-bond donors (Lipinski definition) is 0. The van der Waals surface area contributed by atoms with E-state index >= 15 is 0 Å². The second-order valence-corrected chi connectivity index (χ2v) is 16.9. The third kappa shape index (κ3) is 11.5. The van der Waals surface area contributed by atoms with Gasteiger partial charge >= 0.3 is 7.82 Å². The summed E-state index contributed by atoms with van der Waals surface area (Å²) in [6.45, 7) is 13.9. The molecule has 114 valence electrons. The molecule has 0 amide bonds. The van der Waals surface area contributed by atoms with E-state index in [1.165, 1.54) is 6.21 Å². The summed E-state index contributed by atoms with van der Waals surface area (Å²) in [4.78, 5) is 4.79. The predicted molar refractivity (Wildman–Crippen MR) is 82.5 cm³/mol. The maximum absolute atomic E-state index is 12.6. The molecule has 0 atom stereocenters. The van der Waals surface area contributed by atoms with Crippen LogP contribution < -0.4 is 0 Å². The number of phosphoric acid groups is 1. The number of hydrogen-bond acceptors (Lipinski definition) is 6. The third-order valence-electron chi connectivity index (χ3n) is 1.36. The molecule has 0 saturated carbocycles. The average molecular weight is 327 g/mol. The normalized spacial score (nSPS) is 14.1. The van der Waals surface area contributed by atoms with E-state index in [0.29, 0.717) is 6.61 Å². The van der Waals surface area contributed by atoms with Crippen molar-refractivity contribution < 1.29 is 22.4 Å². The molecule has 0 aromatic heterocycles. The Morgan fingerprint density at radius 2 is 1.53 bits per heavy atom. The van der Waals surface area contributed by atoms with E-state index in [-0.39, 0.29) is 6.61 Å². The van der Waals surface area contributed by atoms with Gasteiger partial charge in [0.05, 0.1) is 12.8 Å². The highest BCUT2D eigenvalue weighted by molar-refractivity contribution is 7.52. The van der Waals surface area contributed by atoms with Crippen LogP contribution >= 0.6 is 7.82 Å². The molecule has 0 aromatic carbocycles. The lowest BCUT2D eigenvalue weighted by Gasteiger charge is -2.29.